The highest BCUT2D eigenvalue weighted by Gasteiger charge is 2.34. The molecule has 2 rings (SSSR count). The summed E-state index contributed by atoms with van der Waals surface area (Å²) < 4.78 is 11.1. The van der Waals surface area contributed by atoms with E-state index >= 15 is 0 Å². The Labute approximate surface area is 113 Å². The van der Waals surface area contributed by atoms with E-state index in [0.29, 0.717) is 18.8 Å². The number of nitriles is 1. The van der Waals surface area contributed by atoms with E-state index in [4.69, 9.17) is 14.7 Å². The van der Waals surface area contributed by atoms with Crippen LogP contribution in [0.3, 0.4) is 0 Å². The number of ether oxygens (including phenoxy) is 2. The molecule has 1 atom stereocenters. The van der Waals surface area contributed by atoms with E-state index in [2.05, 4.69) is 14.9 Å². The average Bonchev–Trinajstić information content (AvgIpc) is 2.37. The second-order valence-corrected chi connectivity index (χ2v) is 5.21. The summed E-state index contributed by atoms with van der Waals surface area (Å²) in [6, 6.07) is 1.97. The largest absolute Gasteiger partial charge is 0.382 e. The lowest BCUT2D eigenvalue weighted by Gasteiger charge is -2.43. The number of hydrogen-bond donors (Lipinski definition) is 0. The zero-order valence-electron chi connectivity index (χ0n) is 11.5. The summed E-state index contributed by atoms with van der Waals surface area (Å²) in [5.74, 6) is 0.761. The topological polar surface area (TPSA) is 71.3 Å². The summed E-state index contributed by atoms with van der Waals surface area (Å²) >= 11 is 0. The van der Waals surface area contributed by atoms with Crippen molar-refractivity contribution in [3.63, 3.8) is 0 Å². The molecule has 1 fully saturated rings. The fraction of sp³-hybridized carbons (Fsp3) is 0.615. The van der Waals surface area contributed by atoms with Gasteiger partial charge in [0.1, 0.15) is 11.9 Å². The molecule has 1 saturated heterocycles. The molecule has 1 aliphatic rings. The van der Waals surface area contributed by atoms with Crippen molar-refractivity contribution >= 4 is 5.82 Å². The lowest BCUT2D eigenvalue weighted by Crippen LogP contribution is -2.54. The van der Waals surface area contributed by atoms with Gasteiger partial charge in [-0.2, -0.15) is 5.26 Å². The first-order valence-corrected chi connectivity index (χ1v) is 6.18. The number of aromatic nitrogens is 2. The molecular weight excluding hydrogens is 244 g/mol. The van der Waals surface area contributed by atoms with Crippen LogP contribution in [0.4, 0.5) is 5.82 Å². The summed E-state index contributed by atoms with van der Waals surface area (Å²) in [6.45, 7) is 6.06. The molecule has 0 unspecified atom stereocenters. The van der Waals surface area contributed by atoms with Gasteiger partial charge in [-0.15, -0.1) is 0 Å². The van der Waals surface area contributed by atoms with Gasteiger partial charge in [0.05, 0.1) is 30.7 Å². The van der Waals surface area contributed by atoms with Crippen molar-refractivity contribution < 1.29 is 9.47 Å². The van der Waals surface area contributed by atoms with E-state index in [1.165, 1.54) is 6.20 Å². The second kappa shape index (κ2) is 5.51. The molecule has 1 aromatic heterocycles. The molecule has 0 spiro atoms. The zero-order chi connectivity index (χ0) is 13.9. The van der Waals surface area contributed by atoms with Crippen molar-refractivity contribution in [3.8, 4) is 6.07 Å². The highest BCUT2D eigenvalue weighted by atomic mass is 16.5. The summed E-state index contributed by atoms with van der Waals surface area (Å²) in [6.07, 6.45) is 3.12. The lowest BCUT2D eigenvalue weighted by atomic mass is 10.1. The van der Waals surface area contributed by atoms with Crippen molar-refractivity contribution in [3.05, 3.63) is 18.1 Å². The van der Waals surface area contributed by atoms with Gasteiger partial charge in [0.15, 0.2) is 5.69 Å². The van der Waals surface area contributed by atoms with E-state index in [0.717, 1.165) is 12.4 Å². The summed E-state index contributed by atoms with van der Waals surface area (Å²) in [7, 11) is 1.66. The minimum absolute atomic E-state index is 0.00573. The third kappa shape index (κ3) is 3.40. The maximum Gasteiger partial charge on any atom is 0.158 e. The predicted molar refractivity (Wildman–Crippen MR) is 69.8 cm³/mol. The zero-order valence-corrected chi connectivity index (χ0v) is 11.5. The van der Waals surface area contributed by atoms with Crippen molar-refractivity contribution in [2.75, 3.05) is 31.7 Å². The van der Waals surface area contributed by atoms with E-state index in [9.17, 15) is 0 Å². The monoisotopic (exact) mass is 262 g/mol. The van der Waals surface area contributed by atoms with Gasteiger partial charge in [-0.1, -0.05) is 0 Å². The molecule has 102 valence electrons. The first-order chi connectivity index (χ1) is 9.04. The van der Waals surface area contributed by atoms with E-state index in [1.807, 2.05) is 19.9 Å². The van der Waals surface area contributed by atoms with Gasteiger partial charge in [-0.3, -0.25) is 0 Å². The third-order valence-corrected chi connectivity index (χ3v) is 2.91. The Kier molecular flexibility index (Phi) is 3.98. The number of rotatable bonds is 3. The molecule has 0 amide bonds. The Balaban J connectivity index is 2.15. The van der Waals surface area contributed by atoms with Crippen LogP contribution in [-0.2, 0) is 9.47 Å². The van der Waals surface area contributed by atoms with E-state index in [-0.39, 0.29) is 11.7 Å². The first-order valence-electron chi connectivity index (χ1n) is 6.18. The third-order valence-electron chi connectivity index (χ3n) is 2.91. The Bertz CT molecular complexity index is 467. The van der Waals surface area contributed by atoms with Crippen LogP contribution in [0.5, 0.6) is 0 Å². The smallest absolute Gasteiger partial charge is 0.158 e. The Morgan fingerprint density at radius 2 is 2.32 bits per heavy atom. The van der Waals surface area contributed by atoms with Gasteiger partial charge in [0.25, 0.3) is 0 Å². The number of morpholine rings is 1. The van der Waals surface area contributed by atoms with Crippen molar-refractivity contribution in [1.82, 2.24) is 9.97 Å². The second-order valence-electron chi connectivity index (χ2n) is 5.21. The van der Waals surface area contributed by atoms with Crippen LogP contribution in [0, 0.1) is 11.3 Å². The quantitative estimate of drug-likeness (QED) is 0.808. The summed E-state index contributed by atoms with van der Waals surface area (Å²) in [5.41, 5.74) is 0.0570. The number of hydrogen-bond acceptors (Lipinski definition) is 6. The molecule has 1 aliphatic heterocycles. The molecule has 19 heavy (non-hydrogen) atoms. The van der Waals surface area contributed by atoms with Gasteiger partial charge < -0.3 is 14.4 Å². The average molecular weight is 262 g/mol. The van der Waals surface area contributed by atoms with Crippen LogP contribution < -0.4 is 4.90 Å². The molecule has 2 heterocycles. The Morgan fingerprint density at radius 1 is 1.53 bits per heavy atom. The van der Waals surface area contributed by atoms with Gasteiger partial charge >= 0.3 is 0 Å². The van der Waals surface area contributed by atoms with Crippen molar-refractivity contribution in [2.24, 2.45) is 0 Å². The minimum atomic E-state index is -0.267. The number of anilines is 1. The molecule has 0 N–H and O–H groups in total. The van der Waals surface area contributed by atoms with Crippen LogP contribution in [0.25, 0.3) is 0 Å². The van der Waals surface area contributed by atoms with Crippen molar-refractivity contribution in [2.45, 2.75) is 25.6 Å². The maximum absolute atomic E-state index is 8.73. The van der Waals surface area contributed by atoms with Gasteiger partial charge in [-0.25, -0.2) is 9.97 Å². The normalized spacial score (nSPS) is 22.0. The molecule has 6 heteroatoms. The molecule has 6 nitrogen and oxygen atoms in total. The molecule has 0 bridgehead atoms. The van der Waals surface area contributed by atoms with Crippen LogP contribution in [-0.4, -0.2) is 48.5 Å². The van der Waals surface area contributed by atoms with Crippen LogP contribution in [0.2, 0.25) is 0 Å². The van der Waals surface area contributed by atoms with Gasteiger partial charge in [-0.05, 0) is 13.8 Å². The lowest BCUT2D eigenvalue weighted by molar-refractivity contribution is -0.106. The SMILES string of the molecule is COC[C@@H]1CN(c2cnc(C#N)cn2)CC(C)(C)O1. The molecule has 0 aliphatic carbocycles. The minimum Gasteiger partial charge on any atom is -0.382 e. The fourth-order valence-electron chi connectivity index (χ4n) is 2.29. The van der Waals surface area contributed by atoms with Gasteiger partial charge in [0.2, 0.25) is 0 Å². The van der Waals surface area contributed by atoms with Gasteiger partial charge in [0, 0.05) is 20.2 Å². The molecule has 1 aromatic rings. The number of methoxy groups -OCH3 is 1. The summed E-state index contributed by atoms with van der Waals surface area (Å²) in [5, 5.41) is 8.73. The standard InChI is InChI=1S/C13H18N4O2/c1-13(2)9-17(7-11(19-13)8-18-3)12-6-15-10(4-14)5-16-12/h5-6,11H,7-9H2,1-3H3/t11-/m0/s1. The Morgan fingerprint density at radius 3 is 2.89 bits per heavy atom. The molecular formula is C13H18N4O2. The van der Waals surface area contributed by atoms with E-state index < -0.39 is 0 Å². The predicted octanol–water partition coefficient (Wildman–Crippen LogP) is 0.978. The number of nitrogens with zero attached hydrogens (tertiary/aromatic N) is 4. The fourth-order valence-corrected chi connectivity index (χ4v) is 2.29. The summed E-state index contributed by atoms with van der Waals surface area (Å²) in [4.78, 5) is 10.4. The molecule has 0 saturated carbocycles. The highest BCUT2D eigenvalue weighted by molar-refractivity contribution is 5.38. The van der Waals surface area contributed by atoms with Crippen LogP contribution in [0.15, 0.2) is 12.4 Å². The first kappa shape index (κ1) is 13.7. The van der Waals surface area contributed by atoms with E-state index in [1.54, 1.807) is 13.3 Å². The highest BCUT2D eigenvalue weighted by Crippen LogP contribution is 2.24. The molecule has 0 aromatic carbocycles. The van der Waals surface area contributed by atoms with Crippen LogP contribution >= 0.6 is 0 Å². The Hall–Kier alpha value is -1.71. The van der Waals surface area contributed by atoms with Crippen molar-refractivity contribution in [1.29, 1.82) is 5.26 Å². The maximum atomic E-state index is 8.73. The van der Waals surface area contributed by atoms with Crippen LogP contribution in [0.1, 0.15) is 19.5 Å². The molecule has 0 radical (unpaired) electrons.